The fourth-order valence-corrected chi connectivity index (χ4v) is 1.97. The Kier molecular flexibility index (Phi) is 3.91. The monoisotopic (exact) mass is 297 g/mol. The summed E-state index contributed by atoms with van der Waals surface area (Å²) in [4.78, 5) is 4.26. The molecule has 5 heteroatoms. The third kappa shape index (κ3) is 2.92. The molecule has 17 heavy (non-hydrogen) atoms. The topological polar surface area (TPSA) is 29.9 Å². The summed E-state index contributed by atoms with van der Waals surface area (Å²) in [7, 11) is 0. The maximum Gasteiger partial charge on any atom is 0.125 e. The average molecular weight is 298 g/mol. The number of aromatic nitrogens is 2. The predicted molar refractivity (Wildman–Crippen MR) is 68.6 cm³/mol. The molecule has 1 heterocycles. The van der Waals surface area contributed by atoms with Gasteiger partial charge in [-0.05, 0) is 40.7 Å². The second-order valence-electron chi connectivity index (χ2n) is 3.65. The Balaban J connectivity index is 2.27. The highest BCUT2D eigenvalue weighted by Gasteiger charge is 2.05. The number of hydrogen-bond donors (Lipinski definition) is 1. The van der Waals surface area contributed by atoms with Crippen LogP contribution in [-0.2, 0) is 6.54 Å². The Bertz CT molecular complexity index is 510. The van der Waals surface area contributed by atoms with Gasteiger partial charge in [-0.3, -0.25) is 0 Å². The van der Waals surface area contributed by atoms with Crippen LogP contribution in [0.1, 0.15) is 12.6 Å². The Morgan fingerprint density at radius 3 is 3.06 bits per heavy atom. The first-order valence-corrected chi connectivity index (χ1v) is 6.19. The van der Waals surface area contributed by atoms with Gasteiger partial charge in [0.1, 0.15) is 5.82 Å². The van der Waals surface area contributed by atoms with E-state index in [1.54, 1.807) is 17.0 Å². The number of hydrogen-bond acceptors (Lipinski definition) is 2. The van der Waals surface area contributed by atoms with Gasteiger partial charge < -0.3 is 9.88 Å². The molecule has 2 aromatic rings. The average Bonchev–Trinajstić information content (AvgIpc) is 2.78. The van der Waals surface area contributed by atoms with Crippen LogP contribution >= 0.6 is 15.9 Å². The third-order valence-electron chi connectivity index (χ3n) is 2.38. The molecule has 1 aromatic heterocycles. The number of halogens is 2. The molecule has 3 nitrogen and oxygen atoms in total. The SMILES string of the molecule is CCNCc1cn(-c2cc(F)ccc2Br)cn1. The Hall–Kier alpha value is -1.20. The zero-order valence-electron chi connectivity index (χ0n) is 9.45. The fraction of sp³-hybridized carbons (Fsp3) is 0.250. The molecule has 0 aliphatic heterocycles. The number of benzene rings is 1. The lowest BCUT2D eigenvalue weighted by atomic mass is 10.3. The molecule has 0 saturated carbocycles. The third-order valence-corrected chi connectivity index (χ3v) is 3.05. The minimum absolute atomic E-state index is 0.259. The van der Waals surface area contributed by atoms with E-state index in [0.717, 1.165) is 28.9 Å². The van der Waals surface area contributed by atoms with Crippen LogP contribution < -0.4 is 5.32 Å². The van der Waals surface area contributed by atoms with Crippen molar-refractivity contribution < 1.29 is 4.39 Å². The maximum atomic E-state index is 13.2. The molecule has 90 valence electrons. The minimum atomic E-state index is -0.259. The zero-order chi connectivity index (χ0) is 12.3. The predicted octanol–water partition coefficient (Wildman–Crippen LogP) is 2.88. The van der Waals surface area contributed by atoms with Crippen LogP contribution in [0.4, 0.5) is 4.39 Å². The summed E-state index contributed by atoms with van der Waals surface area (Å²) in [5, 5.41) is 3.19. The molecule has 0 bridgehead atoms. The Labute approximate surface area is 108 Å². The van der Waals surface area contributed by atoms with Crippen molar-refractivity contribution in [3.05, 3.63) is 46.7 Å². The van der Waals surface area contributed by atoms with Gasteiger partial charge in [-0.25, -0.2) is 9.37 Å². The maximum absolute atomic E-state index is 13.2. The minimum Gasteiger partial charge on any atom is -0.311 e. The second-order valence-corrected chi connectivity index (χ2v) is 4.50. The number of nitrogens with zero attached hydrogens (tertiary/aromatic N) is 2. The molecular formula is C12H13BrFN3. The van der Waals surface area contributed by atoms with E-state index in [0.29, 0.717) is 0 Å². The highest BCUT2D eigenvalue weighted by atomic mass is 79.9. The molecule has 2 rings (SSSR count). The molecule has 0 unspecified atom stereocenters. The Morgan fingerprint density at radius 2 is 2.29 bits per heavy atom. The van der Waals surface area contributed by atoms with Crippen LogP contribution in [0.25, 0.3) is 5.69 Å². The molecule has 0 aliphatic carbocycles. The van der Waals surface area contributed by atoms with Gasteiger partial charge >= 0.3 is 0 Å². The summed E-state index contributed by atoms with van der Waals surface area (Å²) in [6.45, 7) is 3.66. The molecule has 0 fully saturated rings. The smallest absolute Gasteiger partial charge is 0.125 e. The van der Waals surface area contributed by atoms with E-state index in [4.69, 9.17) is 0 Å². The van der Waals surface area contributed by atoms with Gasteiger partial charge in [0.15, 0.2) is 0 Å². The molecule has 0 aliphatic rings. The van der Waals surface area contributed by atoms with Crippen molar-refractivity contribution in [1.29, 1.82) is 0 Å². The molecule has 0 amide bonds. The molecule has 0 saturated heterocycles. The molecule has 1 N–H and O–H groups in total. The number of nitrogens with one attached hydrogen (secondary N) is 1. The largest absolute Gasteiger partial charge is 0.311 e. The van der Waals surface area contributed by atoms with E-state index < -0.39 is 0 Å². The fourth-order valence-electron chi connectivity index (χ4n) is 1.52. The molecule has 1 aromatic carbocycles. The van der Waals surface area contributed by atoms with Gasteiger partial charge in [-0.1, -0.05) is 6.92 Å². The van der Waals surface area contributed by atoms with Crippen molar-refractivity contribution in [1.82, 2.24) is 14.9 Å². The standard InChI is InChI=1S/C12H13BrFN3/c1-2-15-6-10-7-17(8-16-10)12-5-9(14)3-4-11(12)13/h3-5,7-8,15H,2,6H2,1H3. The van der Waals surface area contributed by atoms with Gasteiger partial charge in [0.2, 0.25) is 0 Å². The van der Waals surface area contributed by atoms with Gasteiger partial charge in [0.05, 0.1) is 17.7 Å². The first-order valence-electron chi connectivity index (χ1n) is 5.39. The highest BCUT2D eigenvalue weighted by molar-refractivity contribution is 9.10. The van der Waals surface area contributed by atoms with Crippen molar-refractivity contribution in [2.75, 3.05) is 6.54 Å². The van der Waals surface area contributed by atoms with E-state index in [-0.39, 0.29) is 5.82 Å². The Morgan fingerprint density at radius 1 is 1.47 bits per heavy atom. The van der Waals surface area contributed by atoms with E-state index >= 15 is 0 Å². The summed E-state index contributed by atoms with van der Waals surface area (Å²) in [6, 6.07) is 4.58. The van der Waals surface area contributed by atoms with Gasteiger partial charge in [0.25, 0.3) is 0 Å². The molecule has 0 atom stereocenters. The van der Waals surface area contributed by atoms with Crippen LogP contribution in [-0.4, -0.2) is 16.1 Å². The van der Waals surface area contributed by atoms with Gasteiger partial charge in [0, 0.05) is 17.2 Å². The molecule has 0 spiro atoms. The number of imidazole rings is 1. The van der Waals surface area contributed by atoms with Crippen LogP contribution in [0.5, 0.6) is 0 Å². The van der Waals surface area contributed by atoms with Crippen LogP contribution in [0.15, 0.2) is 35.2 Å². The van der Waals surface area contributed by atoms with Crippen LogP contribution in [0.3, 0.4) is 0 Å². The summed E-state index contributed by atoms with van der Waals surface area (Å²) < 4.78 is 15.8. The van der Waals surface area contributed by atoms with Crippen molar-refractivity contribution in [2.45, 2.75) is 13.5 Å². The first-order chi connectivity index (χ1) is 8.20. The first kappa shape index (κ1) is 12.3. The lowest BCUT2D eigenvalue weighted by molar-refractivity contribution is 0.626. The summed E-state index contributed by atoms with van der Waals surface area (Å²) >= 11 is 3.40. The van der Waals surface area contributed by atoms with Crippen LogP contribution in [0.2, 0.25) is 0 Å². The summed E-state index contributed by atoms with van der Waals surface area (Å²) in [5.41, 5.74) is 1.68. The van der Waals surface area contributed by atoms with E-state index in [1.807, 2.05) is 13.1 Å². The molecular weight excluding hydrogens is 285 g/mol. The molecule has 0 radical (unpaired) electrons. The summed E-state index contributed by atoms with van der Waals surface area (Å²) in [5.74, 6) is -0.259. The van der Waals surface area contributed by atoms with Gasteiger partial charge in [-0.15, -0.1) is 0 Å². The normalized spacial score (nSPS) is 10.8. The van der Waals surface area contributed by atoms with Gasteiger partial charge in [-0.2, -0.15) is 0 Å². The van der Waals surface area contributed by atoms with Crippen molar-refractivity contribution in [3.63, 3.8) is 0 Å². The van der Waals surface area contributed by atoms with Crippen LogP contribution in [0, 0.1) is 5.82 Å². The van der Waals surface area contributed by atoms with E-state index in [9.17, 15) is 4.39 Å². The van der Waals surface area contributed by atoms with Crippen molar-refractivity contribution in [2.24, 2.45) is 0 Å². The lowest BCUT2D eigenvalue weighted by Gasteiger charge is -2.04. The van der Waals surface area contributed by atoms with Crippen molar-refractivity contribution in [3.8, 4) is 5.69 Å². The lowest BCUT2D eigenvalue weighted by Crippen LogP contribution is -2.11. The zero-order valence-corrected chi connectivity index (χ0v) is 11.0. The number of rotatable bonds is 4. The van der Waals surface area contributed by atoms with Crippen molar-refractivity contribution >= 4 is 15.9 Å². The summed E-state index contributed by atoms with van der Waals surface area (Å²) in [6.07, 6.45) is 3.58. The van der Waals surface area contributed by atoms with E-state index in [2.05, 4.69) is 26.2 Å². The second kappa shape index (κ2) is 5.42. The quantitative estimate of drug-likeness (QED) is 0.940. The highest BCUT2D eigenvalue weighted by Crippen LogP contribution is 2.22. The van der Waals surface area contributed by atoms with E-state index in [1.165, 1.54) is 12.1 Å².